The molecule has 0 bridgehead atoms. The van der Waals surface area contributed by atoms with Crippen LogP contribution < -0.4 is 0 Å². The summed E-state index contributed by atoms with van der Waals surface area (Å²) in [6.45, 7) is 3.96. The van der Waals surface area contributed by atoms with Crippen molar-refractivity contribution in [3.8, 4) is 0 Å². The maximum atomic E-state index is 11.9. The average Bonchev–Trinajstić information content (AvgIpc) is 2.53. The standard InChI is InChI=1S/C17H20N2O2S/c1-3-13-9-10-22-17-18-11(2)14(16(20)21)15(19(13)17)12-7-5-4-6-8-12/h4-8,13,15H,3,9-10H2,1-2H3,(H,20,21). The number of amidine groups is 1. The molecule has 2 aliphatic heterocycles. The van der Waals surface area contributed by atoms with Crippen molar-refractivity contribution < 1.29 is 9.90 Å². The first-order valence-electron chi connectivity index (χ1n) is 7.62. The summed E-state index contributed by atoms with van der Waals surface area (Å²) in [5.41, 5.74) is 2.04. The minimum Gasteiger partial charge on any atom is -0.478 e. The number of hydrogen-bond donors (Lipinski definition) is 1. The van der Waals surface area contributed by atoms with Crippen LogP contribution in [0.2, 0.25) is 0 Å². The van der Waals surface area contributed by atoms with Crippen molar-refractivity contribution in [2.45, 2.75) is 38.8 Å². The summed E-state index contributed by atoms with van der Waals surface area (Å²) >= 11 is 1.73. The van der Waals surface area contributed by atoms with Crippen molar-refractivity contribution in [1.29, 1.82) is 0 Å². The van der Waals surface area contributed by atoms with Crippen LogP contribution in [-0.2, 0) is 4.79 Å². The lowest BCUT2D eigenvalue weighted by atomic mass is 9.92. The number of allylic oxidation sites excluding steroid dienone is 1. The molecule has 1 fully saturated rings. The van der Waals surface area contributed by atoms with Crippen LogP contribution in [0.25, 0.3) is 0 Å². The van der Waals surface area contributed by atoms with E-state index >= 15 is 0 Å². The van der Waals surface area contributed by atoms with Crippen LogP contribution in [0.15, 0.2) is 46.6 Å². The van der Waals surface area contributed by atoms with Gasteiger partial charge in [0.15, 0.2) is 5.17 Å². The van der Waals surface area contributed by atoms with E-state index in [4.69, 9.17) is 0 Å². The van der Waals surface area contributed by atoms with Crippen LogP contribution in [0.1, 0.15) is 38.3 Å². The van der Waals surface area contributed by atoms with Crippen LogP contribution in [0.4, 0.5) is 0 Å². The summed E-state index contributed by atoms with van der Waals surface area (Å²) in [5.74, 6) is 0.171. The number of hydrogen-bond acceptors (Lipinski definition) is 4. The lowest BCUT2D eigenvalue weighted by Crippen LogP contribution is -2.48. The maximum Gasteiger partial charge on any atom is 0.335 e. The molecule has 2 atom stereocenters. The second-order valence-corrected chi connectivity index (χ2v) is 6.68. The van der Waals surface area contributed by atoms with Crippen LogP contribution in [0, 0.1) is 0 Å². The van der Waals surface area contributed by atoms with Gasteiger partial charge in [0.1, 0.15) is 0 Å². The Morgan fingerprint density at radius 3 is 2.77 bits per heavy atom. The number of carboxylic acids is 1. The fourth-order valence-corrected chi connectivity index (χ4v) is 4.42. The van der Waals surface area contributed by atoms with Crippen molar-refractivity contribution in [1.82, 2.24) is 4.90 Å². The molecule has 0 aliphatic carbocycles. The molecule has 2 aliphatic rings. The minimum absolute atomic E-state index is 0.246. The van der Waals surface area contributed by atoms with Crippen LogP contribution in [0.5, 0.6) is 0 Å². The Kier molecular flexibility index (Phi) is 4.25. The van der Waals surface area contributed by atoms with Crippen molar-refractivity contribution >= 4 is 22.9 Å². The van der Waals surface area contributed by atoms with Crippen LogP contribution in [0.3, 0.4) is 0 Å². The number of carbonyl (C=O) groups is 1. The van der Waals surface area contributed by atoms with E-state index in [2.05, 4.69) is 16.8 Å². The quantitative estimate of drug-likeness (QED) is 0.924. The van der Waals surface area contributed by atoms with E-state index in [1.807, 2.05) is 30.3 Å². The molecule has 1 saturated heterocycles. The molecule has 0 aromatic heterocycles. The highest BCUT2D eigenvalue weighted by Gasteiger charge is 2.40. The van der Waals surface area contributed by atoms with E-state index in [0.29, 0.717) is 17.3 Å². The molecule has 0 saturated carbocycles. The zero-order valence-corrected chi connectivity index (χ0v) is 13.6. The Bertz CT molecular complexity index is 639. The first-order chi connectivity index (χ1) is 10.6. The van der Waals surface area contributed by atoms with Gasteiger partial charge >= 0.3 is 5.97 Å². The molecule has 0 amide bonds. The number of fused-ring (bicyclic) bond motifs is 1. The zero-order valence-electron chi connectivity index (χ0n) is 12.8. The number of thioether (sulfide) groups is 1. The molecule has 1 N–H and O–H groups in total. The lowest BCUT2D eigenvalue weighted by Gasteiger charge is -2.45. The minimum atomic E-state index is -0.875. The first kappa shape index (κ1) is 15.2. The van der Waals surface area contributed by atoms with Gasteiger partial charge in [-0.1, -0.05) is 49.0 Å². The summed E-state index contributed by atoms with van der Waals surface area (Å²) in [6, 6.07) is 10.0. The van der Waals surface area contributed by atoms with Crippen molar-refractivity contribution in [3.05, 3.63) is 47.2 Å². The van der Waals surface area contributed by atoms with Gasteiger partial charge in [-0.25, -0.2) is 9.79 Å². The van der Waals surface area contributed by atoms with E-state index in [0.717, 1.165) is 29.3 Å². The fraction of sp³-hybridized carbons (Fsp3) is 0.412. The van der Waals surface area contributed by atoms with E-state index in [9.17, 15) is 9.90 Å². The SMILES string of the molecule is CCC1CCSC2=NC(C)=C(C(=O)O)C(c3ccccc3)N21. The number of carboxylic acid groups (broad SMARTS) is 1. The predicted octanol–water partition coefficient (Wildman–Crippen LogP) is 3.67. The third kappa shape index (κ3) is 2.54. The summed E-state index contributed by atoms with van der Waals surface area (Å²) in [5, 5.41) is 10.7. The molecule has 0 spiro atoms. The van der Waals surface area contributed by atoms with Gasteiger partial charge in [0.25, 0.3) is 0 Å². The number of aliphatic imine (C=N–C) groups is 1. The molecule has 2 unspecified atom stereocenters. The van der Waals surface area contributed by atoms with Crippen molar-refractivity contribution in [3.63, 3.8) is 0 Å². The largest absolute Gasteiger partial charge is 0.478 e. The average molecular weight is 316 g/mol. The molecule has 1 aromatic rings. The second kappa shape index (κ2) is 6.16. The van der Waals surface area contributed by atoms with E-state index in [1.54, 1.807) is 18.7 Å². The Morgan fingerprint density at radius 1 is 1.41 bits per heavy atom. The van der Waals surface area contributed by atoms with Crippen molar-refractivity contribution in [2.75, 3.05) is 5.75 Å². The number of rotatable bonds is 3. The Balaban J connectivity index is 2.15. The molecule has 0 radical (unpaired) electrons. The summed E-state index contributed by atoms with van der Waals surface area (Å²) in [7, 11) is 0. The highest BCUT2D eigenvalue weighted by atomic mass is 32.2. The molecular weight excluding hydrogens is 296 g/mol. The van der Waals surface area contributed by atoms with Gasteiger partial charge in [0, 0.05) is 11.8 Å². The summed E-state index contributed by atoms with van der Waals surface area (Å²) in [4.78, 5) is 18.7. The Hall–Kier alpha value is -1.75. The molecule has 22 heavy (non-hydrogen) atoms. The Labute approximate surface area is 134 Å². The van der Waals surface area contributed by atoms with Crippen LogP contribution >= 0.6 is 11.8 Å². The van der Waals surface area contributed by atoms with Gasteiger partial charge < -0.3 is 10.0 Å². The number of nitrogens with zero attached hydrogens (tertiary/aromatic N) is 2. The number of benzene rings is 1. The number of aliphatic carboxylic acids is 1. The third-order valence-electron chi connectivity index (χ3n) is 4.32. The molecule has 3 rings (SSSR count). The summed E-state index contributed by atoms with van der Waals surface area (Å²) < 4.78 is 0. The molecule has 1 aromatic carbocycles. The molecule has 116 valence electrons. The first-order valence-corrected chi connectivity index (χ1v) is 8.60. The Morgan fingerprint density at radius 2 is 2.14 bits per heavy atom. The summed E-state index contributed by atoms with van der Waals surface area (Å²) in [6.07, 6.45) is 2.06. The van der Waals surface area contributed by atoms with Gasteiger partial charge in [0.05, 0.1) is 17.3 Å². The normalized spacial score (nSPS) is 24.8. The molecule has 2 heterocycles. The predicted molar refractivity (Wildman–Crippen MR) is 89.9 cm³/mol. The van der Waals surface area contributed by atoms with Gasteiger partial charge in [0.2, 0.25) is 0 Å². The lowest BCUT2D eigenvalue weighted by molar-refractivity contribution is -0.133. The smallest absolute Gasteiger partial charge is 0.335 e. The second-order valence-electron chi connectivity index (χ2n) is 5.62. The zero-order chi connectivity index (χ0) is 15.7. The monoisotopic (exact) mass is 316 g/mol. The third-order valence-corrected chi connectivity index (χ3v) is 5.32. The molecular formula is C17H20N2O2S. The van der Waals surface area contributed by atoms with E-state index in [1.165, 1.54) is 0 Å². The fourth-order valence-electron chi connectivity index (χ4n) is 3.24. The highest BCUT2D eigenvalue weighted by molar-refractivity contribution is 8.13. The molecule has 5 heteroatoms. The van der Waals surface area contributed by atoms with Crippen molar-refractivity contribution in [2.24, 2.45) is 4.99 Å². The van der Waals surface area contributed by atoms with E-state index in [-0.39, 0.29) is 6.04 Å². The maximum absolute atomic E-state index is 11.9. The molecule has 4 nitrogen and oxygen atoms in total. The van der Waals surface area contributed by atoms with Gasteiger partial charge in [-0.05, 0) is 25.3 Å². The van der Waals surface area contributed by atoms with Gasteiger partial charge in [-0.2, -0.15) is 0 Å². The van der Waals surface area contributed by atoms with Crippen LogP contribution in [-0.4, -0.2) is 32.9 Å². The van der Waals surface area contributed by atoms with Gasteiger partial charge in [-0.15, -0.1) is 0 Å². The van der Waals surface area contributed by atoms with Gasteiger partial charge in [-0.3, -0.25) is 0 Å². The highest BCUT2D eigenvalue weighted by Crippen LogP contribution is 2.42. The van der Waals surface area contributed by atoms with E-state index < -0.39 is 5.97 Å². The topological polar surface area (TPSA) is 52.9 Å².